The number of nitrogens with zero attached hydrogens (tertiary/aromatic N) is 2. The van der Waals surface area contributed by atoms with Crippen LogP contribution in [0.1, 0.15) is 41.6 Å². The first-order chi connectivity index (χ1) is 16.4. The minimum absolute atomic E-state index is 0.0746. The van der Waals surface area contributed by atoms with E-state index in [1.54, 1.807) is 41.4 Å². The molecular weight excluding hydrogens is 483 g/mol. The van der Waals surface area contributed by atoms with Gasteiger partial charge in [0.2, 0.25) is 5.91 Å². The molecule has 3 heterocycles. The lowest BCUT2D eigenvalue weighted by Gasteiger charge is -2.26. The van der Waals surface area contributed by atoms with Crippen molar-refractivity contribution in [1.82, 2.24) is 9.88 Å². The molecule has 8 heteroatoms. The summed E-state index contributed by atoms with van der Waals surface area (Å²) in [4.78, 5) is 34.2. The van der Waals surface area contributed by atoms with Gasteiger partial charge in [-0.15, -0.1) is 34.4 Å². The Hall–Kier alpha value is -2.68. The van der Waals surface area contributed by atoms with E-state index in [4.69, 9.17) is 4.98 Å². The summed E-state index contributed by atoms with van der Waals surface area (Å²) in [7, 11) is 0. The second kappa shape index (κ2) is 9.52. The highest BCUT2D eigenvalue weighted by Crippen LogP contribution is 2.45. The van der Waals surface area contributed by atoms with Crippen LogP contribution in [0.3, 0.4) is 0 Å². The van der Waals surface area contributed by atoms with Gasteiger partial charge in [0.15, 0.2) is 0 Å². The SMILES string of the molecule is CC(=O)N1CCc2c(sc(NC(=O)c3ccc(SC(C)C)cc3)c2-c2nc3ccccc3s2)C1. The zero-order chi connectivity index (χ0) is 23.8. The third-order valence-electron chi connectivity index (χ3n) is 5.73. The van der Waals surface area contributed by atoms with E-state index in [2.05, 4.69) is 25.2 Å². The summed E-state index contributed by atoms with van der Waals surface area (Å²) in [5.41, 5.74) is 3.78. The number of carbonyl (C=O) groups is 2. The minimum Gasteiger partial charge on any atom is -0.337 e. The standard InChI is InChI=1S/C26H25N3O2S3/c1-15(2)32-18-10-8-17(9-11-18)24(31)28-26-23(25-27-20-6-4-5-7-21(20)33-25)19-12-13-29(16(3)30)14-22(19)34-26/h4-11,15H,12-14H2,1-3H3,(H,28,31). The molecule has 0 saturated heterocycles. The van der Waals surface area contributed by atoms with Crippen LogP contribution in [0, 0.1) is 0 Å². The zero-order valence-electron chi connectivity index (χ0n) is 19.3. The Morgan fingerprint density at radius 2 is 1.85 bits per heavy atom. The van der Waals surface area contributed by atoms with Crippen LogP contribution in [0.5, 0.6) is 0 Å². The van der Waals surface area contributed by atoms with Gasteiger partial charge in [-0.25, -0.2) is 4.98 Å². The number of nitrogens with one attached hydrogen (secondary N) is 1. The second-order valence-corrected chi connectivity index (χ2v) is 12.3. The normalized spacial score (nSPS) is 13.4. The first kappa shape index (κ1) is 23.1. The molecule has 2 aromatic heterocycles. The maximum Gasteiger partial charge on any atom is 0.256 e. The predicted molar refractivity (Wildman–Crippen MR) is 143 cm³/mol. The summed E-state index contributed by atoms with van der Waals surface area (Å²) in [5.74, 6) is -0.0593. The van der Waals surface area contributed by atoms with Crippen molar-refractivity contribution in [2.75, 3.05) is 11.9 Å². The number of amides is 2. The van der Waals surface area contributed by atoms with Crippen molar-refractivity contribution in [3.63, 3.8) is 0 Å². The number of thioether (sulfide) groups is 1. The molecule has 5 rings (SSSR count). The lowest BCUT2D eigenvalue weighted by Crippen LogP contribution is -2.33. The predicted octanol–water partition coefficient (Wildman–Crippen LogP) is 6.68. The molecule has 1 aliphatic rings. The number of thiazole rings is 1. The first-order valence-electron chi connectivity index (χ1n) is 11.2. The molecule has 0 unspecified atom stereocenters. The number of thiophene rings is 1. The quantitative estimate of drug-likeness (QED) is 0.306. The van der Waals surface area contributed by atoms with Crippen molar-refractivity contribution >= 4 is 61.5 Å². The van der Waals surface area contributed by atoms with Crippen molar-refractivity contribution in [3.05, 3.63) is 64.5 Å². The molecule has 0 bridgehead atoms. The van der Waals surface area contributed by atoms with Gasteiger partial charge in [0.25, 0.3) is 5.91 Å². The van der Waals surface area contributed by atoms with Crippen LogP contribution < -0.4 is 5.32 Å². The number of anilines is 1. The van der Waals surface area contributed by atoms with Gasteiger partial charge in [-0.2, -0.15) is 0 Å². The number of aromatic nitrogens is 1. The Morgan fingerprint density at radius 1 is 1.09 bits per heavy atom. The lowest BCUT2D eigenvalue weighted by atomic mass is 10.0. The molecule has 0 fully saturated rings. The molecular formula is C26H25N3O2S3. The van der Waals surface area contributed by atoms with Gasteiger partial charge in [-0.1, -0.05) is 26.0 Å². The maximum atomic E-state index is 13.2. The van der Waals surface area contributed by atoms with Crippen molar-refractivity contribution in [2.45, 2.75) is 43.9 Å². The topological polar surface area (TPSA) is 62.3 Å². The van der Waals surface area contributed by atoms with E-state index in [9.17, 15) is 9.59 Å². The number of rotatable bonds is 5. The Bertz CT molecular complexity index is 1340. The number of benzene rings is 2. The van der Waals surface area contributed by atoms with Crippen molar-refractivity contribution < 1.29 is 9.59 Å². The smallest absolute Gasteiger partial charge is 0.256 e. The first-order valence-corrected chi connectivity index (χ1v) is 13.7. The van der Waals surface area contributed by atoms with E-state index >= 15 is 0 Å². The highest BCUT2D eigenvalue weighted by atomic mass is 32.2. The third-order valence-corrected chi connectivity index (χ3v) is 8.93. The number of hydrogen-bond acceptors (Lipinski definition) is 6. The van der Waals surface area contributed by atoms with Crippen LogP contribution in [0.4, 0.5) is 5.00 Å². The average Bonchev–Trinajstić information content (AvgIpc) is 3.38. The van der Waals surface area contributed by atoms with Gasteiger partial charge < -0.3 is 10.2 Å². The van der Waals surface area contributed by atoms with Crippen molar-refractivity contribution in [2.24, 2.45) is 0 Å². The van der Waals surface area contributed by atoms with E-state index in [0.29, 0.717) is 23.9 Å². The Morgan fingerprint density at radius 3 is 2.56 bits per heavy atom. The Labute approximate surface area is 211 Å². The maximum absolute atomic E-state index is 13.2. The summed E-state index contributed by atoms with van der Waals surface area (Å²) in [6.45, 7) is 7.17. The highest BCUT2D eigenvalue weighted by molar-refractivity contribution is 7.99. The summed E-state index contributed by atoms with van der Waals surface area (Å²) in [5, 5.41) is 5.37. The molecule has 34 heavy (non-hydrogen) atoms. The van der Waals surface area contributed by atoms with Crippen molar-refractivity contribution in [1.29, 1.82) is 0 Å². The fraction of sp³-hybridized carbons (Fsp3) is 0.269. The molecule has 174 valence electrons. The molecule has 0 aliphatic carbocycles. The monoisotopic (exact) mass is 507 g/mol. The number of para-hydroxylation sites is 1. The summed E-state index contributed by atoms with van der Waals surface area (Å²) in [6, 6.07) is 15.8. The Balaban J connectivity index is 1.51. The van der Waals surface area contributed by atoms with Gasteiger partial charge >= 0.3 is 0 Å². The van der Waals surface area contributed by atoms with Crippen LogP contribution >= 0.6 is 34.4 Å². The van der Waals surface area contributed by atoms with E-state index in [1.165, 1.54) is 5.56 Å². The van der Waals surface area contributed by atoms with Crippen LogP contribution in [-0.2, 0) is 17.8 Å². The zero-order valence-corrected chi connectivity index (χ0v) is 21.7. The van der Waals surface area contributed by atoms with Gasteiger partial charge in [0.05, 0.1) is 16.8 Å². The van der Waals surface area contributed by atoms with E-state index in [1.807, 2.05) is 47.4 Å². The number of hydrogen-bond donors (Lipinski definition) is 1. The van der Waals surface area contributed by atoms with E-state index in [-0.39, 0.29) is 11.8 Å². The van der Waals surface area contributed by atoms with Crippen LogP contribution in [0.15, 0.2) is 53.4 Å². The van der Waals surface area contributed by atoms with E-state index in [0.717, 1.165) is 42.0 Å². The summed E-state index contributed by atoms with van der Waals surface area (Å²) < 4.78 is 1.12. The van der Waals surface area contributed by atoms with Crippen LogP contribution in [0.25, 0.3) is 20.8 Å². The fourth-order valence-electron chi connectivity index (χ4n) is 4.10. The molecule has 2 amide bonds. The van der Waals surface area contributed by atoms with Gasteiger partial charge in [-0.05, 0) is 48.4 Å². The van der Waals surface area contributed by atoms with Gasteiger partial charge in [0, 0.05) is 39.6 Å². The summed E-state index contributed by atoms with van der Waals surface area (Å²) >= 11 is 4.98. The van der Waals surface area contributed by atoms with E-state index < -0.39 is 0 Å². The molecule has 0 saturated carbocycles. The van der Waals surface area contributed by atoms with Crippen LogP contribution in [0.2, 0.25) is 0 Å². The van der Waals surface area contributed by atoms with Crippen molar-refractivity contribution in [3.8, 4) is 10.6 Å². The second-order valence-electron chi connectivity index (χ2n) is 8.53. The van der Waals surface area contributed by atoms with Gasteiger partial charge in [0.1, 0.15) is 10.0 Å². The molecule has 1 N–H and O–H groups in total. The molecule has 4 aromatic rings. The summed E-state index contributed by atoms with van der Waals surface area (Å²) in [6.07, 6.45) is 0.758. The number of fused-ring (bicyclic) bond motifs is 2. The largest absolute Gasteiger partial charge is 0.337 e. The molecule has 0 spiro atoms. The fourth-order valence-corrected chi connectivity index (χ4v) is 7.30. The molecule has 2 aromatic carbocycles. The molecule has 5 nitrogen and oxygen atoms in total. The third kappa shape index (κ3) is 4.62. The highest BCUT2D eigenvalue weighted by Gasteiger charge is 2.28. The lowest BCUT2D eigenvalue weighted by molar-refractivity contribution is -0.129. The average molecular weight is 508 g/mol. The molecule has 0 radical (unpaired) electrons. The minimum atomic E-state index is -0.134. The van der Waals surface area contributed by atoms with Crippen LogP contribution in [-0.4, -0.2) is 33.5 Å². The van der Waals surface area contributed by atoms with Gasteiger partial charge in [-0.3, -0.25) is 9.59 Å². The molecule has 1 aliphatic heterocycles. The molecule has 0 atom stereocenters. The Kier molecular flexibility index (Phi) is 6.46. The number of carbonyl (C=O) groups excluding carboxylic acids is 2.